The van der Waals surface area contributed by atoms with Gasteiger partial charge in [-0.2, -0.15) is 0 Å². The maximum absolute atomic E-state index is 11.1. The number of carboxylic acid groups (broad SMARTS) is 2. The number of carbonyl (C=O) groups is 2. The number of halogens is 1. The summed E-state index contributed by atoms with van der Waals surface area (Å²) >= 11 is 3.24. The van der Waals surface area contributed by atoms with Crippen molar-refractivity contribution >= 4 is 38.6 Å². The molecule has 4 nitrogen and oxygen atoms in total. The summed E-state index contributed by atoms with van der Waals surface area (Å²) in [6, 6.07) is 7.56. The largest absolute Gasteiger partial charge is 0.478 e. The van der Waals surface area contributed by atoms with Gasteiger partial charge in [0.05, 0.1) is 11.1 Å². The molecule has 0 atom stereocenters. The van der Waals surface area contributed by atoms with Gasteiger partial charge in [0.1, 0.15) is 0 Å². The Hall–Kier alpha value is -1.88. The van der Waals surface area contributed by atoms with Crippen LogP contribution in [0.3, 0.4) is 0 Å². The van der Waals surface area contributed by atoms with Gasteiger partial charge in [0.25, 0.3) is 0 Å². The van der Waals surface area contributed by atoms with Crippen LogP contribution in [0.15, 0.2) is 34.8 Å². The first-order valence-electron chi connectivity index (χ1n) is 4.70. The molecule has 0 bridgehead atoms. The van der Waals surface area contributed by atoms with Crippen molar-refractivity contribution in [1.29, 1.82) is 0 Å². The van der Waals surface area contributed by atoms with Crippen molar-refractivity contribution in [1.82, 2.24) is 0 Å². The predicted molar refractivity (Wildman–Crippen MR) is 65.6 cm³/mol. The van der Waals surface area contributed by atoms with Crippen LogP contribution in [0.1, 0.15) is 20.7 Å². The lowest BCUT2D eigenvalue weighted by Crippen LogP contribution is -2.03. The van der Waals surface area contributed by atoms with Gasteiger partial charge in [-0.05, 0) is 23.6 Å². The quantitative estimate of drug-likeness (QED) is 0.893. The van der Waals surface area contributed by atoms with Crippen molar-refractivity contribution in [2.24, 2.45) is 0 Å². The molecule has 0 aliphatic rings. The van der Waals surface area contributed by atoms with E-state index in [0.717, 1.165) is 0 Å². The Balaban J connectivity index is 2.96. The normalized spacial score (nSPS) is 10.4. The molecule has 86 valence electrons. The van der Waals surface area contributed by atoms with Gasteiger partial charge in [-0.25, -0.2) is 9.59 Å². The predicted octanol–water partition coefficient (Wildman–Crippen LogP) is 3.00. The monoisotopic (exact) mass is 294 g/mol. The van der Waals surface area contributed by atoms with Crippen LogP contribution in [-0.2, 0) is 0 Å². The first-order valence-corrected chi connectivity index (χ1v) is 5.49. The van der Waals surface area contributed by atoms with E-state index >= 15 is 0 Å². The fraction of sp³-hybridized carbons (Fsp3) is 0. The second-order valence-electron chi connectivity index (χ2n) is 3.43. The molecule has 2 rings (SSSR count). The van der Waals surface area contributed by atoms with Crippen LogP contribution in [-0.4, -0.2) is 22.2 Å². The lowest BCUT2D eigenvalue weighted by Gasteiger charge is -2.07. The van der Waals surface area contributed by atoms with Gasteiger partial charge in [0, 0.05) is 9.86 Å². The lowest BCUT2D eigenvalue weighted by molar-refractivity contribution is 0.0684. The molecular formula is C12H7BrO4. The topological polar surface area (TPSA) is 74.6 Å². The Morgan fingerprint density at radius 2 is 1.53 bits per heavy atom. The molecule has 0 aliphatic carbocycles. The number of hydrogen-bond acceptors (Lipinski definition) is 2. The summed E-state index contributed by atoms with van der Waals surface area (Å²) in [5.74, 6) is -2.16. The molecular weight excluding hydrogens is 288 g/mol. The zero-order valence-corrected chi connectivity index (χ0v) is 10.1. The van der Waals surface area contributed by atoms with E-state index in [9.17, 15) is 9.59 Å². The summed E-state index contributed by atoms with van der Waals surface area (Å²) < 4.78 is 0.565. The number of carboxylic acids is 2. The van der Waals surface area contributed by atoms with Crippen LogP contribution >= 0.6 is 15.9 Å². The van der Waals surface area contributed by atoms with E-state index in [1.807, 2.05) is 0 Å². The Bertz CT molecular complexity index is 634. The fourth-order valence-corrected chi connectivity index (χ4v) is 2.31. The van der Waals surface area contributed by atoms with Crippen LogP contribution in [0.2, 0.25) is 0 Å². The molecule has 0 aromatic heterocycles. The molecule has 17 heavy (non-hydrogen) atoms. The van der Waals surface area contributed by atoms with Gasteiger partial charge in [-0.15, -0.1) is 0 Å². The Morgan fingerprint density at radius 3 is 2.12 bits per heavy atom. The number of hydrogen-bond donors (Lipinski definition) is 2. The molecule has 0 aliphatic heterocycles. The summed E-state index contributed by atoms with van der Waals surface area (Å²) in [5, 5.41) is 18.9. The highest BCUT2D eigenvalue weighted by Crippen LogP contribution is 2.30. The molecule has 0 heterocycles. The van der Waals surface area contributed by atoms with Gasteiger partial charge in [-0.1, -0.05) is 28.1 Å². The highest BCUT2D eigenvalue weighted by Gasteiger charge is 2.16. The molecule has 5 heteroatoms. The summed E-state index contributed by atoms with van der Waals surface area (Å²) in [5.41, 5.74) is 0.170. The third-order valence-corrected chi connectivity index (χ3v) is 3.11. The van der Waals surface area contributed by atoms with Crippen LogP contribution in [0.4, 0.5) is 0 Å². The summed E-state index contributed by atoms with van der Waals surface area (Å²) in [4.78, 5) is 22.1. The number of aromatic carboxylic acids is 2. The Kier molecular flexibility index (Phi) is 2.85. The van der Waals surface area contributed by atoms with Gasteiger partial charge in [-0.3, -0.25) is 0 Å². The Labute approximate surface area is 105 Å². The van der Waals surface area contributed by atoms with Crippen molar-refractivity contribution in [2.75, 3.05) is 0 Å². The van der Waals surface area contributed by atoms with E-state index in [1.54, 1.807) is 18.2 Å². The molecule has 2 aromatic carbocycles. The van der Waals surface area contributed by atoms with E-state index in [2.05, 4.69) is 15.9 Å². The second-order valence-corrected chi connectivity index (χ2v) is 4.29. The van der Waals surface area contributed by atoms with Crippen molar-refractivity contribution in [3.8, 4) is 0 Å². The minimum Gasteiger partial charge on any atom is -0.478 e. The van der Waals surface area contributed by atoms with Gasteiger partial charge >= 0.3 is 11.9 Å². The van der Waals surface area contributed by atoms with Crippen molar-refractivity contribution in [3.63, 3.8) is 0 Å². The van der Waals surface area contributed by atoms with E-state index in [-0.39, 0.29) is 11.1 Å². The van der Waals surface area contributed by atoms with Crippen LogP contribution < -0.4 is 0 Å². The van der Waals surface area contributed by atoms with Gasteiger partial charge in [0.2, 0.25) is 0 Å². The number of rotatable bonds is 2. The van der Waals surface area contributed by atoms with E-state index in [4.69, 9.17) is 10.2 Å². The van der Waals surface area contributed by atoms with Crippen LogP contribution in [0.5, 0.6) is 0 Å². The second kappa shape index (κ2) is 4.18. The smallest absolute Gasteiger partial charge is 0.336 e. The lowest BCUT2D eigenvalue weighted by atomic mass is 9.99. The summed E-state index contributed by atoms with van der Waals surface area (Å²) in [7, 11) is 0. The fourth-order valence-electron chi connectivity index (χ4n) is 1.73. The summed E-state index contributed by atoms with van der Waals surface area (Å²) in [6.07, 6.45) is 0. The number of fused-ring (bicyclic) bond motifs is 1. The molecule has 2 N–H and O–H groups in total. The van der Waals surface area contributed by atoms with Crippen molar-refractivity contribution in [3.05, 3.63) is 45.9 Å². The zero-order valence-electron chi connectivity index (χ0n) is 8.48. The molecule has 0 amide bonds. The molecule has 2 aromatic rings. The maximum Gasteiger partial charge on any atom is 0.336 e. The minimum absolute atomic E-state index is 0.0810. The number of benzene rings is 2. The van der Waals surface area contributed by atoms with E-state index < -0.39 is 11.9 Å². The molecule has 0 unspecified atom stereocenters. The molecule has 0 saturated carbocycles. The highest BCUT2D eigenvalue weighted by molar-refractivity contribution is 9.10. The SMILES string of the molecule is O=C(O)c1ccc(C(=O)O)c2c(Br)cccc12. The third-order valence-electron chi connectivity index (χ3n) is 2.45. The van der Waals surface area contributed by atoms with Gasteiger partial charge < -0.3 is 10.2 Å². The average Bonchev–Trinajstić information content (AvgIpc) is 2.27. The van der Waals surface area contributed by atoms with E-state index in [1.165, 1.54) is 12.1 Å². The molecule has 0 fully saturated rings. The summed E-state index contributed by atoms with van der Waals surface area (Å²) in [6.45, 7) is 0. The Morgan fingerprint density at radius 1 is 0.941 bits per heavy atom. The van der Waals surface area contributed by atoms with Crippen molar-refractivity contribution < 1.29 is 19.8 Å². The van der Waals surface area contributed by atoms with Crippen LogP contribution in [0, 0.1) is 0 Å². The zero-order chi connectivity index (χ0) is 12.6. The molecule has 0 saturated heterocycles. The highest BCUT2D eigenvalue weighted by atomic mass is 79.9. The third kappa shape index (κ3) is 1.89. The maximum atomic E-state index is 11.1. The van der Waals surface area contributed by atoms with E-state index in [0.29, 0.717) is 15.2 Å². The standard InChI is InChI=1S/C12H7BrO4/c13-9-3-1-2-6-7(11(14)15)4-5-8(10(6)9)12(16)17/h1-5H,(H,14,15)(H,16,17). The molecule has 0 spiro atoms. The first-order chi connectivity index (χ1) is 8.02. The van der Waals surface area contributed by atoms with Crippen LogP contribution in [0.25, 0.3) is 10.8 Å². The first kappa shape index (κ1) is 11.6. The van der Waals surface area contributed by atoms with Gasteiger partial charge in [0.15, 0.2) is 0 Å². The average molecular weight is 295 g/mol. The minimum atomic E-state index is -1.08. The molecule has 0 radical (unpaired) electrons. The van der Waals surface area contributed by atoms with Crippen molar-refractivity contribution in [2.45, 2.75) is 0 Å².